The topological polar surface area (TPSA) is 53.7 Å². The van der Waals surface area contributed by atoms with E-state index in [0.717, 1.165) is 5.75 Å². The molecular weight excluding hydrogens is 242 g/mol. The highest BCUT2D eigenvalue weighted by Crippen LogP contribution is 2.29. The van der Waals surface area contributed by atoms with Gasteiger partial charge >= 0.3 is 0 Å². The van der Waals surface area contributed by atoms with Gasteiger partial charge in [-0.25, -0.2) is 0 Å². The summed E-state index contributed by atoms with van der Waals surface area (Å²) in [6.07, 6.45) is 0. The van der Waals surface area contributed by atoms with Crippen LogP contribution < -0.4 is 19.9 Å². The van der Waals surface area contributed by atoms with Crippen molar-refractivity contribution < 1.29 is 14.2 Å². The molecule has 0 saturated carbocycles. The fourth-order valence-electron chi connectivity index (χ4n) is 1.70. The summed E-state index contributed by atoms with van der Waals surface area (Å²) in [7, 11) is 1.59. The molecular formula is C15H17NO3. The molecule has 0 aliphatic carbocycles. The van der Waals surface area contributed by atoms with Crippen LogP contribution in [0.5, 0.6) is 23.0 Å². The molecule has 0 fully saturated rings. The lowest BCUT2D eigenvalue weighted by Gasteiger charge is -2.10. The third kappa shape index (κ3) is 3.55. The van der Waals surface area contributed by atoms with Crippen molar-refractivity contribution in [2.75, 3.05) is 19.5 Å². The minimum absolute atomic E-state index is 0.593. The zero-order valence-electron chi connectivity index (χ0n) is 11.1. The van der Waals surface area contributed by atoms with Gasteiger partial charge in [-0.05, 0) is 19.1 Å². The van der Waals surface area contributed by atoms with E-state index in [1.54, 1.807) is 25.3 Å². The molecule has 2 N–H and O–H groups in total. The maximum absolute atomic E-state index is 5.78. The summed E-state index contributed by atoms with van der Waals surface area (Å²) in [5.41, 5.74) is 6.37. The maximum atomic E-state index is 5.78. The summed E-state index contributed by atoms with van der Waals surface area (Å²) >= 11 is 0. The third-order valence-corrected chi connectivity index (χ3v) is 2.49. The fourth-order valence-corrected chi connectivity index (χ4v) is 1.70. The van der Waals surface area contributed by atoms with Gasteiger partial charge in [-0.1, -0.05) is 6.07 Å². The molecule has 0 saturated heterocycles. The summed E-state index contributed by atoms with van der Waals surface area (Å²) in [5, 5.41) is 0. The lowest BCUT2D eigenvalue weighted by atomic mass is 10.3. The van der Waals surface area contributed by atoms with Gasteiger partial charge in [0.1, 0.15) is 23.0 Å². The van der Waals surface area contributed by atoms with Gasteiger partial charge in [-0.2, -0.15) is 0 Å². The smallest absolute Gasteiger partial charge is 0.133 e. The Kier molecular flexibility index (Phi) is 4.13. The Hall–Kier alpha value is -2.36. The average Bonchev–Trinajstić information content (AvgIpc) is 2.39. The van der Waals surface area contributed by atoms with Gasteiger partial charge in [0, 0.05) is 30.0 Å². The molecule has 4 nitrogen and oxygen atoms in total. The first kappa shape index (κ1) is 13.1. The van der Waals surface area contributed by atoms with E-state index < -0.39 is 0 Å². The van der Waals surface area contributed by atoms with Crippen LogP contribution in [0.15, 0.2) is 42.5 Å². The predicted octanol–water partition coefficient (Wildman–Crippen LogP) is 3.47. The van der Waals surface area contributed by atoms with Gasteiger partial charge in [-0.15, -0.1) is 0 Å². The van der Waals surface area contributed by atoms with Crippen molar-refractivity contribution in [1.29, 1.82) is 0 Å². The van der Waals surface area contributed by atoms with Gasteiger partial charge in [0.2, 0.25) is 0 Å². The number of benzene rings is 2. The number of nitrogens with two attached hydrogens (primary N) is 1. The van der Waals surface area contributed by atoms with Crippen molar-refractivity contribution in [3.05, 3.63) is 42.5 Å². The van der Waals surface area contributed by atoms with Crippen LogP contribution in [0.25, 0.3) is 0 Å². The standard InChI is InChI=1S/C15H17NO3/c1-3-18-12-5-4-6-13(9-12)19-15-8-11(16)7-14(10-15)17-2/h4-10H,3,16H2,1-2H3. The van der Waals surface area contributed by atoms with E-state index in [9.17, 15) is 0 Å². The number of rotatable bonds is 5. The number of nitrogen functional groups attached to an aromatic ring is 1. The SMILES string of the molecule is CCOc1cccc(Oc2cc(N)cc(OC)c2)c1. The first-order valence-corrected chi connectivity index (χ1v) is 6.06. The Morgan fingerprint density at radius 3 is 2.37 bits per heavy atom. The molecule has 0 spiro atoms. The summed E-state index contributed by atoms with van der Waals surface area (Å²) in [4.78, 5) is 0. The second kappa shape index (κ2) is 6.00. The molecule has 19 heavy (non-hydrogen) atoms. The van der Waals surface area contributed by atoms with Crippen LogP contribution in [-0.4, -0.2) is 13.7 Å². The van der Waals surface area contributed by atoms with Crippen LogP contribution >= 0.6 is 0 Å². The predicted molar refractivity (Wildman–Crippen MR) is 75.1 cm³/mol. The van der Waals surface area contributed by atoms with Gasteiger partial charge in [0.15, 0.2) is 0 Å². The number of hydrogen-bond donors (Lipinski definition) is 1. The van der Waals surface area contributed by atoms with Crippen LogP contribution in [0, 0.1) is 0 Å². The first-order chi connectivity index (χ1) is 9.21. The second-order valence-corrected chi connectivity index (χ2v) is 3.95. The highest BCUT2D eigenvalue weighted by atomic mass is 16.5. The molecule has 0 aliphatic heterocycles. The van der Waals surface area contributed by atoms with E-state index in [2.05, 4.69) is 0 Å². The highest BCUT2D eigenvalue weighted by molar-refractivity contribution is 5.51. The van der Waals surface area contributed by atoms with Crippen molar-refractivity contribution in [1.82, 2.24) is 0 Å². The number of methoxy groups -OCH3 is 1. The Balaban J connectivity index is 2.20. The van der Waals surface area contributed by atoms with Gasteiger partial charge < -0.3 is 19.9 Å². The lowest BCUT2D eigenvalue weighted by molar-refractivity contribution is 0.338. The quantitative estimate of drug-likeness (QED) is 0.835. The molecule has 4 heteroatoms. The highest BCUT2D eigenvalue weighted by Gasteiger charge is 2.03. The Bertz CT molecular complexity index is 555. The summed E-state index contributed by atoms with van der Waals surface area (Å²) in [5.74, 6) is 2.76. The Labute approximate surface area is 112 Å². The van der Waals surface area contributed by atoms with Gasteiger partial charge in [0.25, 0.3) is 0 Å². The Morgan fingerprint density at radius 2 is 1.63 bits per heavy atom. The second-order valence-electron chi connectivity index (χ2n) is 3.95. The van der Waals surface area contributed by atoms with E-state index in [4.69, 9.17) is 19.9 Å². The van der Waals surface area contributed by atoms with E-state index in [1.165, 1.54) is 0 Å². The summed E-state index contributed by atoms with van der Waals surface area (Å²) < 4.78 is 16.3. The lowest BCUT2D eigenvalue weighted by Crippen LogP contribution is -1.93. The van der Waals surface area contributed by atoms with Crippen molar-refractivity contribution >= 4 is 5.69 Å². The molecule has 0 bridgehead atoms. The fraction of sp³-hybridized carbons (Fsp3) is 0.200. The van der Waals surface area contributed by atoms with Gasteiger partial charge in [-0.3, -0.25) is 0 Å². The van der Waals surface area contributed by atoms with Crippen LogP contribution in [0.4, 0.5) is 5.69 Å². The van der Waals surface area contributed by atoms with Crippen molar-refractivity contribution in [2.24, 2.45) is 0 Å². The maximum Gasteiger partial charge on any atom is 0.133 e. The monoisotopic (exact) mass is 259 g/mol. The summed E-state index contributed by atoms with van der Waals surface area (Å²) in [6.45, 7) is 2.56. The van der Waals surface area contributed by atoms with Crippen LogP contribution in [0.2, 0.25) is 0 Å². The minimum Gasteiger partial charge on any atom is -0.497 e. The van der Waals surface area contributed by atoms with Crippen LogP contribution in [0.1, 0.15) is 6.92 Å². The normalized spacial score (nSPS) is 10.0. The van der Waals surface area contributed by atoms with Crippen molar-refractivity contribution in [3.8, 4) is 23.0 Å². The van der Waals surface area contributed by atoms with E-state index in [1.807, 2.05) is 31.2 Å². The number of anilines is 1. The summed E-state index contributed by atoms with van der Waals surface area (Å²) in [6, 6.07) is 12.7. The minimum atomic E-state index is 0.593. The molecule has 2 rings (SSSR count). The molecule has 2 aromatic rings. The zero-order chi connectivity index (χ0) is 13.7. The van der Waals surface area contributed by atoms with E-state index in [0.29, 0.717) is 29.5 Å². The molecule has 2 aromatic carbocycles. The average molecular weight is 259 g/mol. The van der Waals surface area contributed by atoms with Crippen molar-refractivity contribution in [3.63, 3.8) is 0 Å². The van der Waals surface area contributed by atoms with E-state index in [-0.39, 0.29) is 0 Å². The molecule has 0 atom stereocenters. The van der Waals surface area contributed by atoms with Gasteiger partial charge in [0.05, 0.1) is 13.7 Å². The third-order valence-electron chi connectivity index (χ3n) is 2.49. The zero-order valence-corrected chi connectivity index (χ0v) is 11.1. The first-order valence-electron chi connectivity index (χ1n) is 6.06. The van der Waals surface area contributed by atoms with E-state index >= 15 is 0 Å². The molecule has 0 heterocycles. The molecule has 0 aromatic heterocycles. The number of hydrogen-bond acceptors (Lipinski definition) is 4. The molecule has 100 valence electrons. The molecule has 0 amide bonds. The van der Waals surface area contributed by atoms with Crippen molar-refractivity contribution in [2.45, 2.75) is 6.92 Å². The molecule has 0 aliphatic rings. The van der Waals surface area contributed by atoms with Crippen LogP contribution in [0.3, 0.4) is 0 Å². The largest absolute Gasteiger partial charge is 0.497 e. The number of ether oxygens (including phenoxy) is 3. The molecule has 0 radical (unpaired) electrons. The molecule has 0 unspecified atom stereocenters. The Morgan fingerprint density at radius 1 is 0.947 bits per heavy atom. The van der Waals surface area contributed by atoms with Crippen LogP contribution in [-0.2, 0) is 0 Å².